The first kappa shape index (κ1) is 23.5. The van der Waals surface area contributed by atoms with Crippen LogP contribution >= 0.6 is 0 Å². The zero-order valence-corrected chi connectivity index (χ0v) is 16.0. The third kappa shape index (κ3) is 5.00. The molecule has 1 aliphatic rings. The molecule has 0 bridgehead atoms. The molecule has 0 aromatic heterocycles. The summed E-state index contributed by atoms with van der Waals surface area (Å²) in [5.41, 5.74) is -4.14. The van der Waals surface area contributed by atoms with Crippen LogP contribution in [0.2, 0.25) is 0 Å². The van der Waals surface area contributed by atoms with Crippen molar-refractivity contribution in [3.05, 3.63) is 70.3 Å². The van der Waals surface area contributed by atoms with Crippen molar-refractivity contribution in [1.29, 1.82) is 0 Å². The number of hydrogen-bond acceptors (Lipinski definition) is 2. The molecule has 1 aliphatic heterocycles. The van der Waals surface area contributed by atoms with E-state index in [1.54, 1.807) is 0 Å². The van der Waals surface area contributed by atoms with Gasteiger partial charge >= 0.3 is 12.4 Å². The fourth-order valence-electron chi connectivity index (χ4n) is 3.19. The molecule has 0 aliphatic carbocycles. The summed E-state index contributed by atoms with van der Waals surface area (Å²) in [6, 6.07) is 3.16. The standard InChI is InChI=1S/C20H14F8N2O2/c21-15-2-1-11(9-16(15)22)17(31)29-3-5-30(6-4-29)18(32)12-7-13(19(23,24)25)10-14(8-12)20(26,27)28/h1-2,7-10H,3-6H2. The molecule has 1 fully saturated rings. The highest BCUT2D eigenvalue weighted by Crippen LogP contribution is 2.36. The van der Waals surface area contributed by atoms with E-state index in [-0.39, 0.29) is 37.8 Å². The van der Waals surface area contributed by atoms with Crippen LogP contribution in [0, 0.1) is 11.6 Å². The Labute approximate surface area is 176 Å². The summed E-state index contributed by atoms with van der Waals surface area (Å²) in [6.07, 6.45) is -10.2. The number of benzene rings is 2. The molecule has 2 amide bonds. The number of alkyl halides is 6. The molecule has 3 rings (SSSR count). The number of amides is 2. The van der Waals surface area contributed by atoms with Crippen molar-refractivity contribution in [2.24, 2.45) is 0 Å². The van der Waals surface area contributed by atoms with Crippen LogP contribution < -0.4 is 0 Å². The van der Waals surface area contributed by atoms with Gasteiger partial charge in [0.25, 0.3) is 11.8 Å². The average molecular weight is 466 g/mol. The minimum absolute atomic E-state index is 0.0742. The van der Waals surface area contributed by atoms with Crippen molar-refractivity contribution in [2.45, 2.75) is 12.4 Å². The van der Waals surface area contributed by atoms with Crippen molar-refractivity contribution >= 4 is 11.8 Å². The smallest absolute Gasteiger partial charge is 0.335 e. The Morgan fingerprint density at radius 2 is 1.06 bits per heavy atom. The van der Waals surface area contributed by atoms with Gasteiger partial charge in [-0.2, -0.15) is 26.3 Å². The number of carbonyl (C=O) groups excluding carboxylic acids is 2. The molecule has 32 heavy (non-hydrogen) atoms. The van der Waals surface area contributed by atoms with E-state index in [2.05, 4.69) is 0 Å². The van der Waals surface area contributed by atoms with Crippen LogP contribution in [0.25, 0.3) is 0 Å². The summed E-state index contributed by atoms with van der Waals surface area (Å²) in [7, 11) is 0. The van der Waals surface area contributed by atoms with Crippen molar-refractivity contribution in [3.8, 4) is 0 Å². The molecule has 0 radical (unpaired) electrons. The van der Waals surface area contributed by atoms with Crippen molar-refractivity contribution in [2.75, 3.05) is 26.2 Å². The Hall–Kier alpha value is -3.18. The molecule has 1 saturated heterocycles. The number of rotatable bonds is 2. The second-order valence-electron chi connectivity index (χ2n) is 7.01. The summed E-state index contributed by atoms with van der Waals surface area (Å²) in [6.45, 7) is -0.555. The van der Waals surface area contributed by atoms with E-state index in [0.717, 1.165) is 17.0 Å². The van der Waals surface area contributed by atoms with Gasteiger partial charge in [-0.3, -0.25) is 9.59 Å². The highest BCUT2D eigenvalue weighted by molar-refractivity contribution is 5.96. The van der Waals surface area contributed by atoms with Crippen LogP contribution in [0.3, 0.4) is 0 Å². The SMILES string of the molecule is O=C(c1cc(C(F)(F)F)cc(C(F)(F)F)c1)N1CCN(C(=O)c2ccc(F)c(F)c2)CC1. The van der Waals surface area contributed by atoms with Gasteiger partial charge in [-0.1, -0.05) is 0 Å². The quantitative estimate of drug-likeness (QED) is 0.608. The lowest BCUT2D eigenvalue weighted by Gasteiger charge is -2.35. The maximum Gasteiger partial charge on any atom is 0.416 e. The van der Waals surface area contributed by atoms with Crippen LogP contribution in [0.4, 0.5) is 35.1 Å². The van der Waals surface area contributed by atoms with E-state index in [1.165, 1.54) is 4.90 Å². The molecule has 1 heterocycles. The van der Waals surface area contributed by atoms with E-state index in [1.807, 2.05) is 0 Å². The summed E-state index contributed by atoms with van der Waals surface area (Å²) < 4.78 is 104. The van der Waals surface area contributed by atoms with Crippen LogP contribution in [0.1, 0.15) is 31.8 Å². The average Bonchev–Trinajstić information content (AvgIpc) is 2.73. The molecule has 0 saturated carbocycles. The van der Waals surface area contributed by atoms with Gasteiger partial charge in [0.15, 0.2) is 11.6 Å². The van der Waals surface area contributed by atoms with Gasteiger partial charge in [-0.05, 0) is 36.4 Å². The summed E-state index contributed by atoms with van der Waals surface area (Å²) >= 11 is 0. The first-order chi connectivity index (χ1) is 14.8. The third-order valence-electron chi connectivity index (χ3n) is 4.86. The van der Waals surface area contributed by atoms with Gasteiger partial charge in [0, 0.05) is 37.3 Å². The maximum absolute atomic E-state index is 13.3. The van der Waals surface area contributed by atoms with Crippen molar-refractivity contribution < 1.29 is 44.7 Å². The van der Waals surface area contributed by atoms with Gasteiger partial charge < -0.3 is 9.80 Å². The zero-order chi connectivity index (χ0) is 23.8. The minimum atomic E-state index is -5.09. The van der Waals surface area contributed by atoms with Gasteiger partial charge in [0.1, 0.15) is 0 Å². The van der Waals surface area contributed by atoms with Crippen LogP contribution in [0.15, 0.2) is 36.4 Å². The van der Waals surface area contributed by atoms with E-state index in [0.29, 0.717) is 18.2 Å². The minimum Gasteiger partial charge on any atom is -0.335 e. The fourth-order valence-corrected chi connectivity index (χ4v) is 3.19. The fraction of sp³-hybridized carbons (Fsp3) is 0.300. The van der Waals surface area contributed by atoms with Gasteiger partial charge in [-0.15, -0.1) is 0 Å². The molecule has 12 heteroatoms. The number of piperazine rings is 1. The van der Waals surface area contributed by atoms with Gasteiger partial charge in [-0.25, -0.2) is 8.78 Å². The van der Waals surface area contributed by atoms with Crippen LogP contribution in [0.5, 0.6) is 0 Å². The topological polar surface area (TPSA) is 40.6 Å². The first-order valence-corrected chi connectivity index (χ1v) is 9.10. The molecule has 0 spiro atoms. The molecule has 0 N–H and O–H groups in total. The summed E-state index contributed by atoms with van der Waals surface area (Å²) in [4.78, 5) is 27.2. The third-order valence-corrected chi connectivity index (χ3v) is 4.86. The lowest BCUT2D eigenvalue weighted by atomic mass is 10.0. The largest absolute Gasteiger partial charge is 0.416 e. The van der Waals surface area contributed by atoms with Gasteiger partial charge in [0.2, 0.25) is 0 Å². The highest BCUT2D eigenvalue weighted by atomic mass is 19.4. The van der Waals surface area contributed by atoms with Crippen LogP contribution in [-0.4, -0.2) is 47.8 Å². The lowest BCUT2D eigenvalue weighted by molar-refractivity contribution is -0.143. The Morgan fingerprint density at radius 3 is 1.47 bits per heavy atom. The second kappa shape index (κ2) is 8.40. The Kier molecular flexibility index (Phi) is 6.16. The molecule has 0 atom stereocenters. The number of nitrogens with zero attached hydrogens (tertiary/aromatic N) is 2. The number of hydrogen-bond donors (Lipinski definition) is 0. The normalized spacial score (nSPS) is 15.1. The second-order valence-corrected chi connectivity index (χ2v) is 7.01. The predicted molar refractivity (Wildman–Crippen MR) is 94.6 cm³/mol. The molecule has 4 nitrogen and oxygen atoms in total. The lowest BCUT2D eigenvalue weighted by Crippen LogP contribution is -2.50. The Morgan fingerprint density at radius 1 is 0.625 bits per heavy atom. The summed E-state index contributed by atoms with van der Waals surface area (Å²) in [5, 5.41) is 0. The zero-order valence-electron chi connectivity index (χ0n) is 16.0. The summed E-state index contributed by atoms with van der Waals surface area (Å²) in [5.74, 6) is -4.08. The monoisotopic (exact) mass is 466 g/mol. The number of halogens is 8. The molecule has 2 aromatic carbocycles. The van der Waals surface area contributed by atoms with Crippen molar-refractivity contribution in [3.63, 3.8) is 0 Å². The van der Waals surface area contributed by atoms with Gasteiger partial charge in [0.05, 0.1) is 11.1 Å². The van der Waals surface area contributed by atoms with E-state index in [9.17, 15) is 44.7 Å². The van der Waals surface area contributed by atoms with E-state index < -0.39 is 52.5 Å². The predicted octanol–water partition coefficient (Wildman–Crippen LogP) is 4.60. The highest BCUT2D eigenvalue weighted by Gasteiger charge is 2.38. The maximum atomic E-state index is 13.3. The number of carbonyl (C=O) groups is 2. The molecular weight excluding hydrogens is 452 g/mol. The first-order valence-electron chi connectivity index (χ1n) is 9.10. The molecule has 2 aromatic rings. The Bertz CT molecular complexity index is 1010. The van der Waals surface area contributed by atoms with Crippen LogP contribution in [-0.2, 0) is 12.4 Å². The van der Waals surface area contributed by atoms with E-state index in [4.69, 9.17) is 0 Å². The Balaban J connectivity index is 1.76. The molecule has 172 valence electrons. The molecular formula is C20H14F8N2O2. The molecule has 0 unspecified atom stereocenters. The van der Waals surface area contributed by atoms with Crippen molar-refractivity contribution in [1.82, 2.24) is 9.80 Å². The van der Waals surface area contributed by atoms with E-state index >= 15 is 0 Å².